The predicted octanol–water partition coefficient (Wildman–Crippen LogP) is 2.88. The van der Waals surface area contributed by atoms with Gasteiger partial charge in [0.15, 0.2) is 11.5 Å². The van der Waals surface area contributed by atoms with E-state index < -0.39 is 11.4 Å². The number of nitriles is 2. The lowest BCUT2D eigenvalue weighted by atomic mass is 10.0. The summed E-state index contributed by atoms with van der Waals surface area (Å²) in [5, 5.41) is 41.1. The van der Waals surface area contributed by atoms with E-state index in [1.54, 1.807) is 36.4 Å². The molecule has 0 saturated carbocycles. The molecule has 0 fully saturated rings. The molecule has 4 aromatic rings. The minimum absolute atomic E-state index is 0.00121. The molecule has 0 aliphatic heterocycles. The maximum Gasteiger partial charge on any atom is 0.279 e. The average molecular weight is 409 g/mol. The van der Waals surface area contributed by atoms with Crippen molar-refractivity contribution in [2.24, 2.45) is 10.2 Å². The van der Waals surface area contributed by atoms with Crippen molar-refractivity contribution in [1.82, 2.24) is 24.7 Å². The molecule has 0 amide bonds. The quantitative estimate of drug-likeness (QED) is 0.488. The van der Waals surface area contributed by atoms with Crippen LogP contribution >= 0.6 is 0 Å². The van der Waals surface area contributed by atoms with Gasteiger partial charge in [-0.1, -0.05) is 30.3 Å². The van der Waals surface area contributed by atoms with Gasteiger partial charge in [-0.05, 0) is 11.6 Å². The predicted molar refractivity (Wildman–Crippen MR) is 107 cm³/mol. The van der Waals surface area contributed by atoms with Crippen LogP contribution in [0.15, 0.2) is 70.0 Å². The zero-order valence-electron chi connectivity index (χ0n) is 15.6. The molecule has 31 heavy (non-hydrogen) atoms. The first kappa shape index (κ1) is 19.2. The second-order valence-electron chi connectivity index (χ2n) is 6.03. The molecular weight excluding hydrogens is 398 g/mol. The van der Waals surface area contributed by atoms with E-state index in [-0.39, 0.29) is 34.1 Å². The van der Waals surface area contributed by atoms with Crippen molar-refractivity contribution < 1.29 is 5.11 Å². The van der Waals surface area contributed by atoms with Gasteiger partial charge in [0.2, 0.25) is 5.88 Å². The van der Waals surface area contributed by atoms with E-state index in [1.807, 2.05) is 12.1 Å². The van der Waals surface area contributed by atoms with Crippen LogP contribution in [-0.4, -0.2) is 29.8 Å². The first-order valence-electron chi connectivity index (χ1n) is 8.76. The molecule has 0 saturated heterocycles. The van der Waals surface area contributed by atoms with Crippen molar-refractivity contribution in [3.05, 3.63) is 76.5 Å². The summed E-state index contributed by atoms with van der Waals surface area (Å²) in [6.07, 6.45) is 4.26. The molecule has 11 heteroatoms. The number of pyridine rings is 1. The van der Waals surface area contributed by atoms with Crippen LogP contribution in [0.25, 0.3) is 17.1 Å². The highest BCUT2D eigenvalue weighted by Crippen LogP contribution is 2.35. The number of aromatic amines is 1. The van der Waals surface area contributed by atoms with Gasteiger partial charge in [-0.3, -0.25) is 9.78 Å². The molecule has 3 aromatic heterocycles. The molecule has 0 atom stereocenters. The number of aromatic nitrogens is 5. The Labute approximate surface area is 174 Å². The number of benzene rings is 1. The van der Waals surface area contributed by atoms with Crippen LogP contribution in [0.3, 0.4) is 0 Å². The Morgan fingerprint density at radius 2 is 1.77 bits per heavy atom. The molecule has 0 aliphatic rings. The Balaban J connectivity index is 1.93. The van der Waals surface area contributed by atoms with E-state index in [1.165, 1.54) is 23.3 Å². The maximum absolute atomic E-state index is 12.6. The number of aromatic hydroxyl groups is 1. The van der Waals surface area contributed by atoms with E-state index in [9.17, 15) is 20.4 Å². The van der Waals surface area contributed by atoms with Crippen LogP contribution in [0.4, 0.5) is 11.5 Å². The monoisotopic (exact) mass is 409 g/mol. The van der Waals surface area contributed by atoms with E-state index in [0.29, 0.717) is 5.56 Å². The van der Waals surface area contributed by atoms with E-state index in [0.717, 1.165) is 0 Å². The van der Waals surface area contributed by atoms with Gasteiger partial charge in [0.05, 0.1) is 6.20 Å². The lowest BCUT2D eigenvalue weighted by Gasteiger charge is -2.08. The van der Waals surface area contributed by atoms with Gasteiger partial charge in [-0.25, -0.2) is 9.97 Å². The van der Waals surface area contributed by atoms with Crippen LogP contribution in [0.2, 0.25) is 0 Å². The van der Waals surface area contributed by atoms with Gasteiger partial charge >= 0.3 is 0 Å². The molecule has 2 N–H and O–H groups in total. The number of H-pyrrole nitrogens is 1. The standard InChI is InChI=1S/C20H11N9O2/c21-9-13-11-25-29(20-23-7-4-8-24-20)17(13)28-27-16-15(12-5-2-1-3-6-12)14(10-22)18(30)26-19(16)31/h1-8,11H,(H2,26,30,31). The van der Waals surface area contributed by atoms with E-state index in [4.69, 9.17) is 0 Å². The smallest absolute Gasteiger partial charge is 0.279 e. The normalized spacial score (nSPS) is 10.6. The van der Waals surface area contributed by atoms with Crippen molar-refractivity contribution in [3.63, 3.8) is 0 Å². The van der Waals surface area contributed by atoms with Crippen LogP contribution < -0.4 is 5.56 Å². The number of hydrogen-bond acceptors (Lipinski definition) is 9. The molecule has 0 spiro atoms. The Morgan fingerprint density at radius 1 is 1.03 bits per heavy atom. The van der Waals surface area contributed by atoms with Crippen molar-refractivity contribution >= 4 is 11.5 Å². The lowest BCUT2D eigenvalue weighted by Crippen LogP contribution is -2.08. The minimum atomic E-state index is -0.764. The minimum Gasteiger partial charge on any atom is -0.494 e. The fraction of sp³-hybridized carbons (Fsp3) is 0. The van der Waals surface area contributed by atoms with Crippen LogP contribution in [-0.2, 0) is 0 Å². The highest BCUT2D eigenvalue weighted by molar-refractivity contribution is 5.82. The summed E-state index contributed by atoms with van der Waals surface area (Å²) < 4.78 is 1.20. The summed E-state index contributed by atoms with van der Waals surface area (Å²) in [4.78, 5) is 22.9. The van der Waals surface area contributed by atoms with E-state index in [2.05, 4.69) is 30.3 Å². The Kier molecular flexibility index (Phi) is 4.99. The van der Waals surface area contributed by atoms with Gasteiger partial charge in [-0.15, -0.1) is 10.2 Å². The zero-order valence-corrected chi connectivity index (χ0v) is 15.6. The summed E-state index contributed by atoms with van der Waals surface area (Å²) in [6.45, 7) is 0. The molecule has 3 heterocycles. The van der Waals surface area contributed by atoms with Crippen molar-refractivity contribution in [3.8, 4) is 35.1 Å². The lowest BCUT2D eigenvalue weighted by molar-refractivity contribution is 0.450. The molecule has 1 aromatic carbocycles. The van der Waals surface area contributed by atoms with Crippen LogP contribution in [0.5, 0.6) is 5.88 Å². The molecule has 11 nitrogen and oxygen atoms in total. The molecule has 148 valence electrons. The maximum atomic E-state index is 12.6. The zero-order chi connectivity index (χ0) is 21.8. The second-order valence-corrected chi connectivity index (χ2v) is 6.03. The number of rotatable bonds is 4. The van der Waals surface area contributed by atoms with Crippen molar-refractivity contribution in [1.29, 1.82) is 10.5 Å². The first-order chi connectivity index (χ1) is 15.1. The third-order valence-electron chi connectivity index (χ3n) is 4.20. The average Bonchev–Trinajstić information content (AvgIpc) is 3.22. The summed E-state index contributed by atoms with van der Waals surface area (Å²) in [6, 6.07) is 14.0. The van der Waals surface area contributed by atoms with Gasteiger partial charge in [-0.2, -0.15) is 20.3 Å². The van der Waals surface area contributed by atoms with Gasteiger partial charge < -0.3 is 5.11 Å². The fourth-order valence-electron chi connectivity index (χ4n) is 2.83. The van der Waals surface area contributed by atoms with Crippen molar-refractivity contribution in [2.45, 2.75) is 0 Å². The molecule has 0 unspecified atom stereocenters. The number of nitrogens with one attached hydrogen (secondary N) is 1. The Hall–Kier alpha value is -5.16. The van der Waals surface area contributed by atoms with Gasteiger partial charge in [0.25, 0.3) is 11.5 Å². The third kappa shape index (κ3) is 3.50. The van der Waals surface area contributed by atoms with Crippen LogP contribution in [0, 0.1) is 22.7 Å². The number of hydrogen-bond donors (Lipinski definition) is 2. The highest BCUT2D eigenvalue weighted by atomic mass is 16.3. The molecule has 0 aliphatic carbocycles. The number of azo groups is 1. The second kappa shape index (κ2) is 8.06. The summed E-state index contributed by atoms with van der Waals surface area (Å²) in [7, 11) is 0. The van der Waals surface area contributed by atoms with Crippen molar-refractivity contribution in [2.75, 3.05) is 0 Å². The first-order valence-corrected chi connectivity index (χ1v) is 8.76. The molecule has 4 rings (SSSR count). The van der Waals surface area contributed by atoms with E-state index >= 15 is 0 Å². The molecule has 0 radical (unpaired) electrons. The molecular formula is C20H11N9O2. The Bertz CT molecular complexity index is 1430. The van der Waals surface area contributed by atoms with Crippen LogP contribution in [0.1, 0.15) is 11.1 Å². The largest absolute Gasteiger partial charge is 0.494 e. The highest BCUT2D eigenvalue weighted by Gasteiger charge is 2.20. The number of nitrogens with zero attached hydrogens (tertiary/aromatic N) is 8. The SMILES string of the molecule is N#Cc1cnn(-c2ncccn2)c1N=Nc1c(-c2ccccc2)c(C#N)c(O)[nH]c1=O. The summed E-state index contributed by atoms with van der Waals surface area (Å²) in [5.41, 5.74) is -0.484. The molecule has 0 bridgehead atoms. The fourth-order valence-corrected chi connectivity index (χ4v) is 2.83. The Morgan fingerprint density at radius 3 is 2.45 bits per heavy atom. The summed E-state index contributed by atoms with van der Waals surface area (Å²) in [5.74, 6) is -0.428. The topological polar surface area (TPSA) is 169 Å². The van der Waals surface area contributed by atoms with Gasteiger partial charge in [0, 0.05) is 18.0 Å². The van der Waals surface area contributed by atoms with Gasteiger partial charge in [0.1, 0.15) is 23.3 Å². The third-order valence-corrected chi connectivity index (χ3v) is 4.20. The summed E-state index contributed by atoms with van der Waals surface area (Å²) >= 11 is 0.